The number of nitrogens with zero attached hydrogens (tertiary/aromatic N) is 3. The van der Waals surface area contributed by atoms with Gasteiger partial charge in [0, 0.05) is 38.5 Å². The first-order chi connectivity index (χ1) is 17.6. The molecule has 0 aliphatic carbocycles. The maximum Gasteiger partial charge on any atom is 0.229 e. The Morgan fingerprint density at radius 2 is 1.67 bits per heavy atom. The number of rotatable bonds is 8. The molecule has 0 radical (unpaired) electrons. The highest BCUT2D eigenvalue weighted by Crippen LogP contribution is 2.37. The number of hydrogen-bond acceptors (Lipinski definition) is 5. The van der Waals surface area contributed by atoms with Crippen molar-refractivity contribution in [3.05, 3.63) is 94.5 Å². The smallest absolute Gasteiger partial charge is 0.229 e. The molecule has 0 unspecified atom stereocenters. The number of halogens is 1. The van der Waals surface area contributed by atoms with Crippen LogP contribution in [-0.2, 0) is 9.53 Å². The van der Waals surface area contributed by atoms with Gasteiger partial charge in [-0.15, -0.1) is 0 Å². The Balaban J connectivity index is 1.47. The second-order valence-electron chi connectivity index (χ2n) is 9.12. The van der Waals surface area contributed by atoms with E-state index in [0.717, 1.165) is 59.8 Å². The maximum atomic E-state index is 14.0. The average Bonchev–Trinajstić information content (AvgIpc) is 3.38. The summed E-state index contributed by atoms with van der Waals surface area (Å²) in [5, 5.41) is 1.38. The Morgan fingerprint density at radius 3 is 2.28 bits per heavy atom. The summed E-state index contributed by atoms with van der Waals surface area (Å²) in [5.41, 5.74) is 4.19. The molecule has 2 heterocycles. The van der Waals surface area contributed by atoms with Crippen molar-refractivity contribution in [2.75, 3.05) is 44.3 Å². The fourth-order valence-corrected chi connectivity index (χ4v) is 6.04. The van der Waals surface area contributed by atoms with E-state index in [1.54, 1.807) is 0 Å². The van der Waals surface area contributed by atoms with E-state index in [-0.39, 0.29) is 11.8 Å². The minimum absolute atomic E-state index is 0.0366. The molecule has 5 nitrogen and oxygen atoms in total. The highest BCUT2D eigenvalue weighted by atomic mass is 35.5. The summed E-state index contributed by atoms with van der Waals surface area (Å²) in [6.07, 6.45) is 0.361. The molecule has 1 aliphatic rings. The lowest BCUT2D eigenvalue weighted by Crippen LogP contribution is -2.43. The zero-order valence-electron chi connectivity index (χ0n) is 20.4. The molecule has 186 valence electrons. The predicted molar refractivity (Wildman–Crippen MR) is 148 cm³/mol. The molecule has 0 spiro atoms. The lowest BCUT2D eigenvalue weighted by Gasteiger charge is -2.30. The standard InChI is InChI=1S/C29H30ClN3O2S/c1-21-12-13-25(30)28-27(21)31-29(36-28)33(15-14-32-16-18-35-19-17-32)26(34)20-24(22-8-4-2-5-9-22)23-10-6-3-7-11-23/h2-13,24H,14-20H2,1H3. The van der Waals surface area contributed by atoms with Gasteiger partial charge in [0.15, 0.2) is 5.13 Å². The van der Waals surface area contributed by atoms with Crippen molar-refractivity contribution in [3.8, 4) is 0 Å². The molecule has 5 rings (SSSR count). The first kappa shape index (κ1) is 24.9. The minimum atomic E-state index is -0.0366. The second-order valence-corrected chi connectivity index (χ2v) is 10.5. The number of benzene rings is 3. The quantitative estimate of drug-likeness (QED) is 0.280. The Kier molecular flexibility index (Phi) is 7.97. The van der Waals surface area contributed by atoms with Crippen LogP contribution in [0.4, 0.5) is 5.13 Å². The van der Waals surface area contributed by atoms with Gasteiger partial charge in [-0.1, -0.05) is 89.7 Å². The van der Waals surface area contributed by atoms with E-state index < -0.39 is 0 Å². The molecule has 0 saturated carbocycles. The number of ether oxygens (including phenoxy) is 1. The normalized spacial score (nSPS) is 14.4. The summed E-state index contributed by atoms with van der Waals surface area (Å²) >= 11 is 8.01. The molecule has 1 aromatic heterocycles. The van der Waals surface area contributed by atoms with E-state index in [1.807, 2.05) is 60.4 Å². The van der Waals surface area contributed by atoms with Crippen molar-refractivity contribution in [2.24, 2.45) is 0 Å². The SMILES string of the molecule is Cc1ccc(Cl)c2sc(N(CCN3CCOCC3)C(=O)CC(c3ccccc3)c3ccccc3)nc12. The van der Waals surface area contributed by atoms with Gasteiger partial charge in [-0.2, -0.15) is 0 Å². The van der Waals surface area contributed by atoms with Crippen molar-refractivity contribution >= 4 is 44.2 Å². The number of carbonyl (C=O) groups is 1. The van der Waals surface area contributed by atoms with Crippen LogP contribution in [0.5, 0.6) is 0 Å². The molecule has 7 heteroatoms. The topological polar surface area (TPSA) is 45.7 Å². The molecule has 3 aromatic carbocycles. The lowest BCUT2D eigenvalue weighted by atomic mass is 9.88. The lowest BCUT2D eigenvalue weighted by molar-refractivity contribution is -0.118. The Bertz CT molecular complexity index is 1230. The summed E-state index contributed by atoms with van der Waals surface area (Å²) in [5.74, 6) is 0.0271. The van der Waals surface area contributed by atoms with Crippen molar-refractivity contribution in [1.82, 2.24) is 9.88 Å². The maximum absolute atomic E-state index is 14.0. The fourth-order valence-electron chi connectivity index (χ4n) is 4.68. The molecule has 0 N–H and O–H groups in total. The third-order valence-corrected chi connectivity index (χ3v) is 8.28. The molecule has 0 bridgehead atoms. The second kappa shape index (κ2) is 11.5. The van der Waals surface area contributed by atoms with Crippen LogP contribution in [-0.4, -0.2) is 55.2 Å². The van der Waals surface area contributed by atoms with Gasteiger partial charge in [0.05, 0.1) is 28.5 Å². The molecule has 0 atom stereocenters. The zero-order valence-corrected chi connectivity index (χ0v) is 22.0. The number of aromatic nitrogens is 1. The van der Waals surface area contributed by atoms with Crippen LogP contribution in [0.1, 0.15) is 29.0 Å². The highest BCUT2D eigenvalue weighted by molar-refractivity contribution is 7.23. The van der Waals surface area contributed by atoms with Gasteiger partial charge in [-0.25, -0.2) is 4.98 Å². The first-order valence-corrected chi connectivity index (χ1v) is 13.6. The van der Waals surface area contributed by atoms with Crippen molar-refractivity contribution < 1.29 is 9.53 Å². The fraction of sp³-hybridized carbons (Fsp3) is 0.310. The van der Waals surface area contributed by atoms with Gasteiger partial charge in [-0.05, 0) is 29.7 Å². The van der Waals surface area contributed by atoms with Gasteiger partial charge in [0.2, 0.25) is 5.91 Å². The van der Waals surface area contributed by atoms with Crippen molar-refractivity contribution in [2.45, 2.75) is 19.3 Å². The summed E-state index contributed by atoms with van der Waals surface area (Å²) in [7, 11) is 0. The number of amides is 1. The summed E-state index contributed by atoms with van der Waals surface area (Å²) in [6, 6.07) is 24.4. The van der Waals surface area contributed by atoms with Crippen molar-refractivity contribution in [1.29, 1.82) is 0 Å². The largest absolute Gasteiger partial charge is 0.379 e. The van der Waals surface area contributed by atoms with Crippen LogP contribution < -0.4 is 4.90 Å². The minimum Gasteiger partial charge on any atom is -0.379 e. The van der Waals surface area contributed by atoms with Crippen LogP contribution >= 0.6 is 22.9 Å². The van der Waals surface area contributed by atoms with Gasteiger partial charge < -0.3 is 4.74 Å². The van der Waals surface area contributed by atoms with Crippen LogP contribution in [0.2, 0.25) is 5.02 Å². The van der Waals surface area contributed by atoms with Gasteiger partial charge in [0.25, 0.3) is 0 Å². The van der Waals surface area contributed by atoms with E-state index in [1.165, 1.54) is 11.3 Å². The Hall–Kier alpha value is -2.77. The van der Waals surface area contributed by atoms with Crippen LogP contribution in [0.3, 0.4) is 0 Å². The number of aryl methyl sites for hydroxylation is 1. The monoisotopic (exact) mass is 519 g/mol. The van der Waals surface area contributed by atoms with Gasteiger partial charge in [0.1, 0.15) is 0 Å². The molecule has 1 aliphatic heterocycles. The number of hydrogen-bond donors (Lipinski definition) is 0. The summed E-state index contributed by atoms with van der Waals surface area (Å²) in [6.45, 7) is 6.60. The first-order valence-electron chi connectivity index (χ1n) is 12.4. The van der Waals surface area contributed by atoms with Crippen LogP contribution in [0.15, 0.2) is 72.8 Å². The molecular formula is C29H30ClN3O2S. The molecule has 4 aromatic rings. The number of thiazole rings is 1. The third kappa shape index (κ3) is 5.62. The Morgan fingerprint density at radius 1 is 1.03 bits per heavy atom. The average molecular weight is 520 g/mol. The Labute approximate surface area is 221 Å². The highest BCUT2D eigenvalue weighted by Gasteiger charge is 2.26. The van der Waals surface area contributed by atoms with Gasteiger partial charge in [-0.3, -0.25) is 14.6 Å². The number of morpholine rings is 1. The van der Waals surface area contributed by atoms with Crippen LogP contribution in [0, 0.1) is 6.92 Å². The molecule has 1 fully saturated rings. The van der Waals surface area contributed by atoms with E-state index in [9.17, 15) is 4.79 Å². The van der Waals surface area contributed by atoms with E-state index in [4.69, 9.17) is 21.3 Å². The van der Waals surface area contributed by atoms with Crippen molar-refractivity contribution in [3.63, 3.8) is 0 Å². The number of fused-ring (bicyclic) bond motifs is 1. The third-order valence-electron chi connectivity index (χ3n) is 6.74. The van der Waals surface area contributed by atoms with Crippen LogP contribution in [0.25, 0.3) is 10.2 Å². The van der Waals surface area contributed by atoms with Gasteiger partial charge >= 0.3 is 0 Å². The number of anilines is 1. The number of carbonyl (C=O) groups excluding carboxylic acids is 1. The summed E-state index contributed by atoms with van der Waals surface area (Å²) in [4.78, 5) is 23.2. The molecule has 1 saturated heterocycles. The van der Waals surface area contributed by atoms with E-state index in [0.29, 0.717) is 23.1 Å². The predicted octanol–water partition coefficient (Wildman–Crippen LogP) is 6.15. The van der Waals surface area contributed by atoms with E-state index >= 15 is 0 Å². The molecule has 1 amide bonds. The summed E-state index contributed by atoms with van der Waals surface area (Å²) < 4.78 is 6.44. The molecular weight excluding hydrogens is 490 g/mol. The molecule has 36 heavy (non-hydrogen) atoms. The zero-order chi connectivity index (χ0) is 24.9. The van der Waals surface area contributed by atoms with E-state index in [2.05, 4.69) is 29.2 Å².